The summed E-state index contributed by atoms with van der Waals surface area (Å²) in [7, 11) is -2.02. The number of nitrogens with zero attached hydrogens (tertiary/aromatic N) is 2. The Morgan fingerprint density at radius 3 is 2.12 bits per heavy atom. The van der Waals surface area contributed by atoms with E-state index < -0.39 is 10.0 Å². The van der Waals surface area contributed by atoms with Gasteiger partial charge in [0.2, 0.25) is 0 Å². The smallest absolute Gasteiger partial charge is 0.261 e. The molecule has 0 radical (unpaired) electrons. The molecule has 8 heteroatoms. The summed E-state index contributed by atoms with van der Waals surface area (Å²) in [5.74, 6) is 1.40. The van der Waals surface area contributed by atoms with Crippen LogP contribution in [-0.4, -0.2) is 25.5 Å². The summed E-state index contributed by atoms with van der Waals surface area (Å²) < 4.78 is 32.9. The number of anilines is 3. The fraction of sp³-hybridized carbons (Fsp3) is 0.0833. The molecule has 0 atom stereocenters. The van der Waals surface area contributed by atoms with Gasteiger partial charge in [-0.1, -0.05) is 17.7 Å². The minimum atomic E-state index is -3.64. The van der Waals surface area contributed by atoms with Gasteiger partial charge in [0.15, 0.2) is 0 Å². The highest BCUT2D eigenvalue weighted by Crippen LogP contribution is 2.24. The first kappa shape index (κ1) is 21.3. The van der Waals surface area contributed by atoms with Crippen molar-refractivity contribution in [1.82, 2.24) is 9.97 Å². The van der Waals surface area contributed by atoms with Crippen LogP contribution in [0, 0.1) is 6.92 Å². The number of aryl methyl sites for hydroxylation is 1. The number of hydrogen-bond acceptors (Lipinski definition) is 6. The Morgan fingerprint density at radius 2 is 1.47 bits per heavy atom. The normalized spacial score (nSPS) is 11.1. The van der Waals surface area contributed by atoms with Gasteiger partial charge in [0.05, 0.1) is 17.7 Å². The maximum absolute atomic E-state index is 12.5. The van der Waals surface area contributed by atoms with Crippen LogP contribution in [0.1, 0.15) is 5.56 Å². The number of sulfonamides is 1. The quantitative estimate of drug-likeness (QED) is 0.415. The molecule has 0 aliphatic carbocycles. The molecule has 0 amide bonds. The predicted octanol–water partition coefficient (Wildman–Crippen LogP) is 5.01. The van der Waals surface area contributed by atoms with Crippen molar-refractivity contribution in [3.8, 4) is 17.0 Å². The summed E-state index contributed by atoms with van der Waals surface area (Å²) in [6.07, 6.45) is 1.49. The monoisotopic (exact) mass is 446 g/mol. The molecule has 0 bridgehead atoms. The van der Waals surface area contributed by atoms with Crippen LogP contribution < -0.4 is 14.8 Å². The molecule has 4 aromatic rings. The third-order valence-corrected chi connectivity index (χ3v) is 6.19. The molecule has 0 saturated carbocycles. The highest BCUT2D eigenvalue weighted by atomic mass is 32.2. The summed E-state index contributed by atoms with van der Waals surface area (Å²) >= 11 is 0. The minimum absolute atomic E-state index is 0.220. The number of nitrogens with one attached hydrogen (secondary N) is 2. The van der Waals surface area contributed by atoms with E-state index in [4.69, 9.17) is 4.74 Å². The molecular weight excluding hydrogens is 424 g/mol. The Balaban J connectivity index is 1.46. The Morgan fingerprint density at radius 1 is 0.812 bits per heavy atom. The van der Waals surface area contributed by atoms with Crippen molar-refractivity contribution in [2.24, 2.45) is 0 Å². The van der Waals surface area contributed by atoms with Gasteiger partial charge in [-0.25, -0.2) is 18.4 Å². The average molecular weight is 447 g/mol. The highest BCUT2D eigenvalue weighted by molar-refractivity contribution is 7.92. The van der Waals surface area contributed by atoms with Crippen molar-refractivity contribution in [2.45, 2.75) is 11.8 Å². The molecule has 0 aliphatic heterocycles. The zero-order chi connectivity index (χ0) is 22.6. The van der Waals surface area contributed by atoms with Gasteiger partial charge in [0.25, 0.3) is 10.0 Å². The zero-order valence-electron chi connectivity index (χ0n) is 17.6. The van der Waals surface area contributed by atoms with Crippen molar-refractivity contribution in [3.05, 3.63) is 90.8 Å². The predicted molar refractivity (Wildman–Crippen MR) is 126 cm³/mol. The van der Waals surface area contributed by atoms with E-state index >= 15 is 0 Å². The largest absolute Gasteiger partial charge is 0.497 e. The van der Waals surface area contributed by atoms with Gasteiger partial charge in [-0.05, 0) is 67.6 Å². The Hall–Kier alpha value is -3.91. The van der Waals surface area contributed by atoms with Crippen LogP contribution in [0.4, 0.5) is 17.2 Å². The number of benzene rings is 3. The van der Waals surface area contributed by atoms with Crippen molar-refractivity contribution < 1.29 is 13.2 Å². The fourth-order valence-electron chi connectivity index (χ4n) is 3.05. The van der Waals surface area contributed by atoms with E-state index in [0.29, 0.717) is 11.5 Å². The molecule has 4 rings (SSSR count). The maximum atomic E-state index is 12.5. The lowest BCUT2D eigenvalue weighted by Gasteiger charge is -2.10. The van der Waals surface area contributed by atoms with Crippen molar-refractivity contribution >= 4 is 27.2 Å². The van der Waals surface area contributed by atoms with Crippen LogP contribution >= 0.6 is 0 Å². The number of aromatic nitrogens is 2. The van der Waals surface area contributed by atoms with Gasteiger partial charge >= 0.3 is 0 Å². The molecule has 32 heavy (non-hydrogen) atoms. The second kappa shape index (κ2) is 9.07. The molecule has 7 nitrogen and oxygen atoms in total. The number of rotatable bonds is 7. The van der Waals surface area contributed by atoms with Gasteiger partial charge in [0.1, 0.15) is 17.9 Å². The molecule has 3 aromatic carbocycles. The maximum Gasteiger partial charge on any atom is 0.261 e. The van der Waals surface area contributed by atoms with Crippen molar-refractivity contribution in [1.29, 1.82) is 0 Å². The zero-order valence-corrected chi connectivity index (χ0v) is 18.4. The third-order valence-electron chi connectivity index (χ3n) is 4.79. The second-order valence-corrected chi connectivity index (χ2v) is 8.82. The lowest BCUT2D eigenvalue weighted by Crippen LogP contribution is -2.12. The first-order valence-corrected chi connectivity index (χ1v) is 11.3. The fourth-order valence-corrected chi connectivity index (χ4v) is 4.10. The SMILES string of the molecule is COc1ccc(-c2cc(Nc3ccc(NS(=O)(=O)c4ccc(C)cc4)cc3)ncn2)cc1. The molecule has 0 aliphatic rings. The molecule has 162 valence electrons. The summed E-state index contributed by atoms with van der Waals surface area (Å²) in [5.41, 5.74) is 3.95. The highest BCUT2D eigenvalue weighted by Gasteiger charge is 2.13. The van der Waals surface area contributed by atoms with E-state index in [9.17, 15) is 8.42 Å². The van der Waals surface area contributed by atoms with Crippen LogP contribution in [-0.2, 0) is 10.0 Å². The summed E-state index contributed by atoms with van der Waals surface area (Å²) in [4.78, 5) is 8.81. The number of hydrogen-bond donors (Lipinski definition) is 2. The molecular formula is C24H22N4O3S. The van der Waals surface area contributed by atoms with Crippen LogP contribution in [0.15, 0.2) is 90.1 Å². The average Bonchev–Trinajstić information content (AvgIpc) is 2.81. The number of methoxy groups -OCH3 is 1. The molecule has 1 heterocycles. The van der Waals surface area contributed by atoms with Gasteiger partial charge in [-0.15, -0.1) is 0 Å². The summed E-state index contributed by atoms with van der Waals surface area (Å²) in [5, 5.41) is 3.21. The Labute approximate surface area is 187 Å². The van der Waals surface area contributed by atoms with E-state index in [-0.39, 0.29) is 4.90 Å². The minimum Gasteiger partial charge on any atom is -0.497 e. The van der Waals surface area contributed by atoms with Gasteiger partial charge in [-0.2, -0.15) is 0 Å². The van der Waals surface area contributed by atoms with Crippen LogP contribution in [0.2, 0.25) is 0 Å². The molecule has 0 fully saturated rings. The third kappa shape index (κ3) is 5.04. The first-order chi connectivity index (χ1) is 15.4. The van der Waals surface area contributed by atoms with Crippen molar-refractivity contribution in [2.75, 3.05) is 17.1 Å². The van der Waals surface area contributed by atoms with Gasteiger partial charge < -0.3 is 10.1 Å². The first-order valence-electron chi connectivity index (χ1n) is 9.86. The second-order valence-electron chi connectivity index (χ2n) is 7.14. The summed E-state index contributed by atoms with van der Waals surface area (Å²) in [6.45, 7) is 1.91. The van der Waals surface area contributed by atoms with Crippen LogP contribution in [0.25, 0.3) is 11.3 Å². The van der Waals surface area contributed by atoms with E-state index in [1.807, 2.05) is 37.3 Å². The lowest BCUT2D eigenvalue weighted by atomic mass is 10.1. The van der Waals surface area contributed by atoms with E-state index in [1.165, 1.54) is 6.33 Å². The molecule has 2 N–H and O–H groups in total. The van der Waals surface area contributed by atoms with Crippen molar-refractivity contribution in [3.63, 3.8) is 0 Å². The van der Waals surface area contributed by atoms with Gasteiger partial charge in [0, 0.05) is 23.0 Å². The topological polar surface area (TPSA) is 93.2 Å². The van der Waals surface area contributed by atoms with E-state index in [1.54, 1.807) is 55.6 Å². The molecule has 1 aromatic heterocycles. The molecule has 0 spiro atoms. The number of ether oxygens (including phenoxy) is 1. The summed E-state index contributed by atoms with van der Waals surface area (Å²) in [6, 6.07) is 23.1. The van der Waals surface area contributed by atoms with E-state index in [0.717, 1.165) is 28.3 Å². The Kier molecular flexibility index (Phi) is 6.04. The lowest BCUT2D eigenvalue weighted by molar-refractivity contribution is 0.415. The van der Waals surface area contributed by atoms with Crippen LogP contribution in [0.5, 0.6) is 5.75 Å². The van der Waals surface area contributed by atoms with Crippen LogP contribution in [0.3, 0.4) is 0 Å². The van der Waals surface area contributed by atoms with Gasteiger partial charge in [-0.3, -0.25) is 4.72 Å². The molecule has 0 unspecified atom stereocenters. The standard InChI is InChI=1S/C24H22N4O3S/c1-17-3-13-22(14-4-17)32(29,30)28-20-9-7-19(8-10-20)27-24-15-23(25-16-26-24)18-5-11-21(31-2)12-6-18/h3-16,28H,1-2H3,(H,25,26,27). The molecule has 0 saturated heterocycles. The Bertz CT molecular complexity index is 1300. The van der Waals surface area contributed by atoms with E-state index in [2.05, 4.69) is 20.0 Å².